The number of benzene rings is 2. The smallest absolute Gasteiger partial charge is 0.407 e. The summed E-state index contributed by atoms with van der Waals surface area (Å²) in [5.74, 6) is -1.22. The van der Waals surface area contributed by atoms with Crippen LogP contribution in [0.15, 0.2) is 48.5 Å². The summed E-state index contributed by atoms with van der Waals surface area (Å²) in [5, 5.41) is 11.9. The summed E-state index contributed by atoms with van der Waals surface area (Å²) in [4.78, 5) is 36.6. The van der Waals surface area contributed by atoms with Gasteiger partial charge in [-0.25, -0.2) is 9.59 Å². The second kappa shape index (κ2) is 10.1. The Kier molecular flexibility index (Phi) is 7.28. The number of carbonyl (C=O) groups is 3. The Balaban J connectivity index is 1.54. The molecule has 2 aromatic carbocycles. The van der Waals surface area contributed by atoms with Crippen LogP contribution in [0.1, 0.15) is 43.2 Å². The van der Waals surface area contributed by atoms with Crippen molar-refractivity contribution in [3.63, 3.8) is 0 Å². The molecule has 0 spiro atoms. The van der Waals surface area contributed by atoms with E-state index in [1.807, 2.05) is 36.4 Å². The van der Waals surface area contributed by atoms with Crippen LogP contribution in [0.4, 0.5) is 4.79 Å². The van der Waals surface area contributed by atoms with Gasteiger partial charge in [0.05, 0.1) is 0 Å². The first kappa shape index (κ1) is 22.3. The third-order valence-electron chi connectivity index (χ3n) is 5.71. The first-order chi connectivity index (χ1) is 14.9. The largest absolute Gasteiger partial charge is 0.480 e. The highest BCUT2D eigenvalue weighted by Crippen LogP contribution is 2.44. The molecule has 0 aliphatic heterocycles. The first-order valence-electron chi connectivity index (χ1n) is 10.4. The van der Waals surface area contributed by atoms with Gasteiger partial charge in [-0.15, -0.1) is 0 Å². The SMILES string of the molecule is CC(=O)N(C)CCCCC(NC(=O)OCC1c2ccccc2-c2ccccc21)C(=O)O. The number of hydrogen-bond acceptors (Lipinski definition) is 4. The van der Waals surface area contributed by atoms with Gasteiger partial charge in [0.25, 0.3) is 0 Å². The number of amides is 2. The van der Waals surface area contributed by atoms with E-state index in [2.05, 4.69) is 17.4 Å². The van der Waals surface area contributed by atoms with Crippen LogP contribution in [0.5, 0.6) is 0 Å². The molecule has 0 aromatic heterocycles. The van der Waals surface area contributed by atoms with Crippen LogP contribution in [-0.2, 0) is 14.3 Å². The fourth-order valence-corrected chi connectivity index (χ4v) is 3.89. The van der Waals surface area contributed by atoms with E-state index < -0.39 is 18.1 Å². The minimum atomic E-state index is -1.10. The molecule has 0 saturated heterocycles. The molecule has 1 aliphatic rings. The van der Waals surface area contributed by atoms with Crippen molar-refractivity contribution in [2.45, 2.75) is 38.1 Å². The molecule has 3 rings (SSSR count). The molecule has 0 heterocycles. The number of ether oxygens (including phenoxy) is 1. The van der Waals surface area contributed by atoms with Gasteiger partial charge in [-0.1, -0.05) is 48.5 Å². The number of carbonyl (C=O) groups excluding carboxylic acids is 2. The number of carboxylic acids is 1. The number of carboxylic acid groups (broad SMARTS) is 1. The lowest BCUT2D eigenvalue weighted by Gasteiger charge is -2.18. The van der Waals surface area contributed by atoms with Crippen molar-refractivity contribution in [2.24, 2.45) is 0 Å². The zero-order valence-corrected chi connectivity index (χ0v) is 17.8. The maximum Gasteiger partial charge on any atom is 0.407 e. The van der Waals surface area contributed by atoms with Gasteiger partial charge in [-0.2, -0.15) is 0 Å². The van der Waals surface area contributed by atoms with Gasteiger partial charge in [-0.05, 0) is 41.5 Å². The average Bonchev–Trinajstić information content (AvgIpc) is 3.07. The van der Waals surface area contributed by atoms with E-state index >= 15 is 0 Å². The summed E-state index contributed by atoms with van der Waals surface area (Å²) >= 11 is 0. The number of alkyl carbamates (subject to hydrolysis) is 1. The van der Waals surface area contributed by atoms with Crippen LogP contribution in [0.3, 0.4) is 0 Å². The quantitative estimate of drug-likeness (QED) is 0.600. The molecule has 1 unspecified atom stereocenters. The van der Waals surface area contributed by atoms with Crippen molar-refractivity contribution in [2.75, 3.05) is 20.2 Å². The fraction of sp³-hybridized carbons (Fsp3) is 0.375. The average molecular weight is 424 g/mol. The zero-order valence-electron chi connectivity index (χ0n) is 17.8. The lowest BCUT2D eigenvalue weighted by atomic mass is 9.98. The second-order valence-corrected chi connectivity index (χ2v) is 7.80. The molecule has 0 radical (unpaired) electrons. The van der Waals surface area contributed by atoms with Crippen molar-refractivity contribution in [1.82, 2.24) is 10.2 Å². The highest BCUT2D eigenvalue weighted by atomic mass is 16.5. The number of nitrogens with zero attached hydrogens (tertiary/aromatic N) is 1. The maximum absolute atomic E-state index is 12.3. The predicted octanol–water partition coefficient (Wildman–Crippen LogP) is 3.63. The number of aliphatic carboxylic acids is 1. The molecule has 2 amide bonds. The minimum absolute atomic E-state index is 0.0356. The summed E-state index contributed by atoms with van der Waals surface area (Å²) < 4.78 is 5.43. The van der Waals surface area contributed by atoms with E-state index in [0.717, 1.165) is 22.3 Å². The van der Waals surface area contributed by atoms with Crippen molar-refractivity contribution < 1.29 is 24.2 Å². The highest BCUT2D eigenvalue weighted by molar-refractivity contribution is 5.81. The molecule has 2 N–H and O–H groups in total. The minimum Gasteiger partial charge on any atom is -0.480 e. The van der Waals surface area contributed by atoms with Gasteiger partial charge in [0.1, 0.15) is 12.6 Å². The molecule has 7 heteroatoms. The molecule has 0 bridgehead atoms. The molecule has 1 atom stereocenters. The normalized spacial score (nSPS) is 13.1. The topological polar surface area (TPSA) is 95.9 Å². The molecule has 0 fully saturated rings. The Labute approximate surface area is 182 Å². The van der Waals surface area contributed by atoms with Crippen molar-refractivity contribution in [3.05, 3.63) is 59.7 Å². The lowest BCUT2D eigenvalue weighted by Crippen LogP contribution is -2.41. The summed E-state index contributed by atoms with van der Waals surface area (Å²) in [6.07, 6.45) is 0.755. The molecule has 2 aromatic rings. The maximum atomic E-state index is 12.3. The Morgan fingerprint density at radius 2 is 1.61 bits per heavy atom. The van der Waals surface area contributed by atoms with Gasteiger partial charge in [-0.3, -0.25) is 4.79 Å². The predicted molar refractivity (Wildman–Crippen MR) is 117 cm³/mol. The van der Waals surface area contributed by atoms with Crippen molar-refractivity contribution in [1.29, 1.82) is 0 Å². The van der Waals surface area contributed by atoms with Crippen LogP contribution in [-0.4, -0.2) is 54.2 Å². The van der Waals surface area contributed by atoms with E-state index in [1.54, 1.807) is 11.9 Å². The van der Waals surface area contributed by atoms with Crippen LogP contribution < -0.4 is 5.32 Å². The summed E-state index contributed by atoms with van der Waals surface area (Å²) in [7, 11) is 1.70. The Hall–Kier alpha value is -3.35. The fourth-order valence-electron chi connectivity index (χ4n) is 3.89. The second-order valence-electron chi connectivity index (χ2n) is 7.80. The van der Waals surface area contributed by atoms with Gasteiger partial charge >= 0.3 is 12.1 Å². The monoisotopic (exact) mass is 424 g/mol. The van der Waals surface area contributed by atoms with Crippen LogP contribution >= 0.6 is 0 Å². The lowest BCUT2D eigenvalue weighted by molar-refractivity contribution is -0.139. The first-order valence-corrected chi connectivity index (χ1v) is 10.4. The molecular formula is C24H28N2O5. The number of rotatable bonds is 9. The van der Waals surface area contributed by atoms with E-state index in [4.69, 9.17) is 4.74 Å². The molecular weight excluding hydrogens is 396 g/mol. The standard InChI is InChI=1S/C24H28N2O5/c1-16(27)26(2)14-8-7-13-22(23(28)29)25-24(30)31-15-21-19-11-5-3-9-17(19)18-10-4-6-12-20(18)21/h3-6,9-12,21-22H,7-8,13-15H2,1-2H3,(H,25,30)(H,28,29). The molecule has 0 saturated carbocycles. The van der Waals surface area contributed by atoms with E-state index in [1.165, 1.54) is 6.92 Å². The van der Waals surface area contributed by atoms with Gasteiger partial charge in [0, 0.05) is 26.4 Å². The van der Waals surface area contributed by atoms with E-state index in [9.17, 15) is 19.5 Å². The Morgan fingerprint density at radius 1 is 1.03 bits per heavy atom. The number of fused-ring (bicyclic) bond motifs is 3. The number of nitrogens with one attached hydrogen (secondary N) is 1. The number of hydrogen-bond donors (Lipinski definition) is 2. The molecule has 1 aliphatic carbocycles. The van der Waals surface area contributed by atoms with Crippen molar-refractivity contribution >= 4 is 18.0 Å². The molecule has 31 heavy (non-hydrogen) atoms. The van der Waals surface area contributed by atoms with E-state index in [0.29, 0.717) is 19.4 Å². The Morgan fingerprint density at radius 3 is 2.16 bits per heavy atom. The van der Waals surface area contributed by atoms with Crippen LogP contribution in [0, 0.1) is 0 Å². The molecule has 164 valence electrons. The summed E-state index contributed by atoms with van der Waals surface area (Å²) in [6.45, 7) is 2.17. The highest BCUT2D eigenvalue weighted by Gasteiger charge is 2.29. The van der Waals surface area contributed by atoms with Crippen molar-refractivity contribution in [3.8, 4) is 11.1 Å². The number of unbranched alkanes of at least 4 members (excludes halogenated alkanes) is 1. The van der Waals surface area contributed by atoms with Gasteiger partial charge in [0.15, 0.2) is 0 Å². The summed E-state index contributed by atoms with van der Waals surface area (Å²) in [5.41, 5.74) is 4.46. The van der Waals surface area contributed by atoms with Crippen LogP contribution in [0.25, 0.3) is 11.1 Å². The van der Waals surface area contributed by atoms with Gasteiger partial charge in [0.2, 0.25) is 5.91 Å². The molecule has 7 nitrogen and oxygen atoms in total. The van der Waals surface area contributed by atoms with Crippen LogP contribution in [0.2, 0.25) is 0 Å². The zero-order chi connectivity index (χ0) is 22.4. The summed E-state index contributed by atoms with van der Waals surface area (Å²) in [6, 6.07) is 15.0. The van der Waals surface area contributed by atoms with Gasteiger partial charge < -0.3 is 20.1 Å². The Bertz CT molecular complexity index is 913. The third kappa shape index (κ3) is 5.42. The van der Waals surface area contributed by atoms with E-state index in [-0.39, 0.29) is 24.9 Å². The third-order valence-corrected chi connectivity index (χ3v) is 5.71.